The highest BCUT2D eigenvalue weighted by molar-refractivity contribution is 7.99. The number of hydrogen-bond donors (Lipinski definition) is 1. The maximum atomic E-state index is 13.8. The van der Waals surface area contributed by atoms with Gasteiger partial charge in [0, 0.05) is 28.9 Å². The van der Waals surface area contributed by atoms with E-state index in [9.17, 15) is 13.6 Å². The normalized spacial score (nSPS) is 10.8. The number of aromatic nitrogens is 4. The number of nitrogens with zero attached hydrogens (tertiary/aromatic N) is 4. The van der Waals surface area contributed by atoms with Crippen LogP contribution in [0.5, 0.6) is 0 Å². The minimum absolute atomic E-state index is 0.0151. The molecule has 4 rings (SSSR count). The molecule has 0 fully saturated rings. The highest BCUT2D eigenvalue weighted by atomic mass is 32.2. The van der Waals surface area contributed by atoms with Crippen LogP contribution in [0.4, 0.5) is 13.9 Å². The second-order valence-corrected chi connectivity index (χ2v) is 7.39. The van der Waals surface area contributed by atoms with Crippen LogP contribution in [0.3, 0.4) is 0 Å². The molecule has 0 aliphatic rings. The molecule has 11 heteroatoms. The SMILES string of the molecule is O=C(CSc1nnc(-c2ccncc2)o1)Nc1nc(-c2cc(F)ccc2F)cs1. The predicted molar refractivity (Wildman–Crippen MR) is 104 cm³/mol. The molecule has 1 N–H and O–H groups in total. The summed E-state index contributed by atoms with van der Waals surface area (Å²) in [6, 6.07) is 6.58. The molecule has 0 saturated carbocycles. The summed E-state index contributed by atoms with van der Waals surface area (Å²) >= 11 is 2.18. The number of carbonyl (C=O) groups excluding carboxylic acids is 1. The number of thiazole rings is 1. The molecule has 7 nitrogen and oxygen atoms in total. The summed E-state index contributed by atoms with van der Waals surface area (Å²) in [5.74, 6) is -1.16. The third-order valence-electron chi connectivity index (χ3n) is 3.62. The lowest BCUT2D eigenvalue weighted by atomic mass is 10.1. The van der Waals surface area contributed by atoms with Crippen molar-refractivity contribution in [2.45, 2.75) is 5.22 Å². The molecule has 1 amide bonds. The van der Waals surface area contributed by atoms with Gasteiger partial charge in [0.1, 0.15) is 11.6 Å². The fourth-order valence-electron chi connectivity index (χ4n) is 2.31. The second kappa shape index (κ2) is 8.45. The molecule has 0 aliphatic carbocycles. The van der Waals surface area contributed by atoms with Crippen LogP contribution in [-0.4, -0.2) is 31.8 Å². The Balaban J connectivity index is 1.35. The van der Waals surface area contributed by atoms with E-state index in [-0.39, 0.29) is 33.3 Å². The summed E-state index contributed by atoms with van der Waals surface area (Å²) in [6.45, 7) is 0. The zero-order valence-corrected chi connectivity index (χ0v) is 16.1. The number of pyridine rings is 1. The van der Waals surface area contributed by atoms with E-state index in [1.54, 1.807) is 29.9 Å². The molecule has 146 valence electrons. The lowest BCUT2D eigenvalue weighted by molar-refractivity contribution is -0.113. The maximum Gasteiger partial charge on any atom is 0.277 e. The van der Waals surface area contributed by atoms with Gasteiger partial charge in [-0.15, -0.1) is 21.5 Å². The largest absolute Gasteiger partial charge is 0.411 e. The highest BCUT2D eigenvalue weighted by Gasteiger charge is 2.14. The smallest absolute Gasteiger partial charge is 0.277 e. The number of halogens is 2. The van der Waals surface area contributed by atoms with Gasteiger partial charge in [0.05, 0.1) is 11.4 Å². The van der Waals surface area contributed by atoms with Gasteiger partial charge in [0.25, 0.3) is 5.22 Å². The second-order valence-electron chi connectivity index (χ2n) is 5.61. The quantitative estimate of drug-likeness (QED) is 0.456. The van der Waals surface area contributed by atoms with Gasteiger partial charge in [-0.1, -0.05) is 11.8 Å². The van der Waals surface area contributed by atoms with E-state index < -0.39 is 11.6 Å². The van der Waals surface area contributed by atoms with Crippen LogP contribution in [0.15, 0.2) is 57.7 Å². The fraction of sp³-hybridized carbons (Fsp3) is 0.0556. The van der Waals surface area contributed by atoms with Crippen LogP contribution in [-0.2, 0) is 4.79 Å². The molecule has 4 aromatic rings. The van der Waals surface area contributed by atoms with Crippen LogP contribution in [0.2, 0.25) is 0 Å². The summed E-state index contributed by atoms with van der Waals surface area (Å²) in [5, 5.41) is 12.5. The first kappa shape index (κ1) is 19.2. The number of rotatable bonds is 6. The van der Waals surface area contributed by atoms with E-state index in [0.717, 1.165) is 46.9 Å². The number of hydrogen-bond acceptors (Lipinski definition) is 8. The molecule has 0 saturated heterocycles. The Morgan fingerprint density at radius 3 is 2.83 bits per heavy atom. The Bertz CT molecular complexity index is 1150. The minimum Gasteiger partial charge on any atom is -0.411 e. The molecule has 3 aromatic heterocycles. The average Bonchev–Trinajstić information content (AvgIpc) is 3.39. The van der Waals surface area contributed by atoms with Crippen molar-refractivity contribution in [3.8, 4) is 22.7 Å². The molecule has 0 unspecified atom stereocenters. The third kappa shape index (κ3) is 4.63. The Morgan fingerprint density at radius 1 is 1.17 bits per heavy atom. The van der Waals surface area contributed by atoms with Gasteiger partial charge >= 0.3 is 0 Å². The van der Waals surface area contributed by atoms with Crippen molar-refractivity contribution in [1.29, 1.82) is 0 Å². The van der Waals surface area contributed by atoms with Crippen LogP contribution < -0.4 is 5.32 Å². The summed E-state index contributed by atoms with van der Waals surface area (Å²) in [5.41, 5.74) is 1.00. The van der Waals surface area contributed by atoms with Gasteiger partial charge in [-0.05, 0) is 30.3 Å². The number of carbonyl (C=O) groups is 1. The van der Waals surface area contributed by atoms with Gasteiger partial charge in [-0.25, -0.2) is 13.8 Å². The first-order valence-electron chi connectivity index (χ1n) is 8.16. The Morgan fingerprint density at radius 2 is 2.00 bits per heavy atom. The first-order chi connectivity index (χ1) is 14.1. The Hall–Kier alpha value is -3.18. The van der Waals surface area contributed by atoms with E-state index in [4.69, 9.17) is 4.42 Å². The van der Waals surface area contributed by atoms with Crippen molar-refractivity contribution >= 4 is 34.1 Å². The molecule has 0 spiro atoms. The molecule has 0 atom stereocenters. The monoisotopic (exact) mass is 431 g/mol. The molecule has 0 radical (unpaired) electrons. The van der Waals surface area contributed by atoms with E-state index in [1.165, 1.54) is 0 Å². The van der Waals surface area contributed by atoms with E-state index in [1.807, 2.05) is 0 Å². The van der Waals surface area contributed by atoms with E-state index in [2.05, 4.69) is 25.5 Å². The molecular weight excluding hydrogens is 420 g/mol. The van der Waals surface area contributed by atoms with Crippen LogP contribution in [0.25, 0.3) is 22.7 Å². The summed E-state index contributed by atoms with van der Waals surface area (Å²) in [4.78, 5) is 20.2. The van der Waals surface area contributed by atoms with Crippen molar-refractivity contribution in [3.63, 3.8) is 0 Å². The van der Waals surface area contributed by atoms with Crippen molar-refractivity contribution in [2.75, 3.05) is 11.1 Å². The van der Waals surface area contributed by atoms with Crippen molar-refractivity contribution in [3.05, 3.63) is 59.7 Å². The number of amides is 1. The molecular formula is C18H11F2N5O2S2. The highest BCUT2D eigenvalue weighted by Crippen LogP contribution is 2.28. The van der Waals surface area contributed by atoms with Crippen LogP contribution in [0.1, 0.15) is 0 Å². The van der Waals surface area contributed by atoms with E-state index in [0.29, 0.717) is 5.89 Å². The maximum absolute atomic E-state index is 13.8. The fourth-order valence-corrected chi connectivity index (χ4v) is 3.60. The average molecular weight is 431 g/mol. The molecule has 1 aromatic carbocycles. The molecule has 0 aliphatic heterocycles. The number of nitrogens with one attached hydrogen (secondary N) is 1. The minimum atomic E-state index is -0.591. The summed E-state index contributed by atoms with van der Waals surface area (Å²) in [6.07, 6.45) is 3.22. The summed E-state index contributed by atoms with van der Waals surface area (Å²) < 4.78 is 32.7. The predicted octanol–water partition coefficient (Wildman–Crippen LogP) is 4.26. The Kier molecular flexibility index (Phi) is 5.58. The molecule has 3 heterocycles. The standard InChI is InChI=1S/C18H11F2N5O2S2/c19-11-1-2-13(20)12(7-11)14-8-28-17(22-14)23-15(26)9-29-18-25-24-16(27-18)10-3-5-21-6-4-10/h1-8H,9H2,(H,22,23,26). The van der Waals surface area contributed by atoms with Gasteiger partial charge in [-0.3, -0.25) is 9.78 Å². The topological polar surface area (TPSA) is 93.8 Å². The van der Waals surface area contributed by atoms with Crippen molar-refractivity contribution < 1.29 is 18.0 Å². The Labute approximate surface area is 171 Å². The van der Waals surface area contributed by atoms with Crippen LogP contribution >= 0.6 is 23.1 Å². The summed E-state index contributed by atoms with van der Waals surface area (Å²) in [7, 11) is 0. The lowest BCUT2D eigenvalue weighted by Crippen LogP contribution is -2.13. The van der Waals surface area contributed by atoms with Crippen LogP contribution in [0, 0.1) is 11.6 Å². The first-order valence-corrected chi connectivity index (χ1v) is 10.0. The van der Waals surface area contributed by atoms with Gasteiger partial charge in [0.15, 0.2) is 5.13 Å². The van der Waals surface area contributed by atoms with Crippen molar-refractivity contribution in [1.82, 2.24) is 20.2 Å². The van der Waals surface area contributed by atoms with Gasteiger partial charge in [0.2, 0.25) is 11.8 Å². The number of anilines is 1. The number of thioether (sulfide) groups is 1. The lowest BCUT2D eigenvalue weighted by Gasteiger charge is -2.00. The van der Waals surface area contributed by atoms with Gasteiger partial charge in [-0.2, -0.15) is 0 Å². The zero-order chi connectivity index (χ0) is 20.2. The zero-order valence-electron chi connectivity index (χ0n) is 14.5. The molecule has 0 bridgehead atoms. The molecule has 29 heavy (non-hydrogen) atoms. The van der Waals surface area contributed by atoms with Gasteiger partial charge < -0.3 is 9.73 Å². The van der Waals surface area contributed by atoms with E-state index >= 15 is 0 Å². The third-order valence-corrected chi connectivity index (χ3v) is 5.19. The number of benzene rings is 1. The van der Waals surface area contributed by atoms with Crippen molar-refractivity contribution in [2.24, 2.45) is 0 Å².